The lowest BCUT2D eigenvalue weighted by molar-refractivity contribution is 0.000115. The minimum absolute atomic E-state index is 0.0239. The van der Waals surface area contributed by atoms with Crippen molar-refractivity contribution >= 4 is 5.91 Å². The highest BCUT2D eigenvalue weighted by Crippen LogP contribution is 2.25. The van der Waals surface area contributed by atoms with E-state index < -0.39 is 0 Å². The molecule has 3 rings (SSSR count). The van der Waals surface area contributed by atoms with Crippen molar-refractivity contribution < 1.29 is 14.3 Å². The van der Waals surface area contributed by atoms with Gasteiger partial charge in [-0.3, -0.25) is 9.69 Å². The van der Waals surface area contributed by atoms with Crippen LogP contribution in [0.4, 0.5) is 0 Å². The van der Waals surface area contributed by atoms with Crippen molar-refractivity contribution in [1.29, 1.82) is 0 Å². The van der Waals surface area contributed by atoms with Crippen molar-refractivity contribution in [2.24, 2.45) is 0 Å². The first kappa shape index (κ1) is 17.2. The fourth-order valence-corrected chi connectivity index (χ4v) is 3.81. The van der Waals surface area contributed by atoms with E-state index in [9.17, 15) is 4.79 Å². The van der Waals surface area contributed by atoms with Gasteiger partial charge < -0.3 is 14.8 Å². The van der Waals surface area contributed by atoms with Gasteiger partial charge in [-0.1, -0.05) is 25.0 Å². The summed E-state index contributed by atoms with van der Waals surface area (Å²) in [5, 5.41) is 3.28. The maximum atomic E-state index is 12.8. The topological polar surface area (TPSA) is 50.8 Å². The van der Waals surface area contributed by atoms with Gasteiger partial charge in [-0.15, -0.1) is 0 Å². The molecular weight excluding hydrogens is 304 g/mol. The molecule has 0 bridgehead atoms. The van der Waals surface area contributed by atoms with Crippen LogP contribution < -0.4 is 10.1 Å². The third-order valence-electron chi connectivity index (χ3n) is 4.99. The largest absolute Gasteiger partial charge is 0.493 e. The summed E-state index contributed by atoms with van der Waals surface area (Å²) < 4.78 is 11.1. The number of hydrogen-bond donors (Lipinski definition) is 1. The van der Waals surface area contributed by atoms with Crippen LogP contribution in [-0.4, -0.2) is 55.8 Å². The van der Waals surface area contributed by atoms with Gasteiger partial charge in [-0.05, 0) is 31.9 Å². The Morgan fingerprint density at radius 1 is 1.25 bits per heavy atom. The van der Waals surface area contributed by atoms with Gasteiger partial charge >= 0.3 is 0 Å². The van der Waals surface area contributed by atoms with E-state index in [4.69, 9.17) is 9.47 Å². The highest BCUT2D eigenvalue weighted by Gasteiger charge is 2.32. The van der Waals surface area contributed by atoms with Gasteiger partial charge in [-0.2, -0.15) is 0 Å². The first-order valence-corrected chi connectivity index (χ1v) is 9.14. The highest BCUT2D eigenvalue weighted by molar-refractivity contribution is 5.97. The van der Waals surface area contributed by atoms with Crippen molar-refractivity contribution in [2.75, 3.05) is 32.9 Å². The summed E-state index contributed by atoms with van der Waals surface area (Å²) in [7, 11) is 0. The van der Waals surface area contributed by atoms with E-state index >= 15 is 0 Å². The minimum Gasteiger partial charge on any atom is -0.493 e. The van der Waals surface area contributed by atoms with Crippen molar-refractivity contribution in [3.05, 3.63) is 29.8 Å². The number of carbonyl (C=O) groups is 1. The third-order valence-corrected chi connectivity index (χ3v) is 4.99. The molecule has 2 fully saturated rings. The molecule has 0 spiro atoms. The van der Waals surface area contributed by atoms with Gasteiger partial charge in [0.1, 0.15) is 5.75 Å². The fourth-order valence-electron chi connectivity index (χ4n) is 3.81. The maximum absolute atomic E-state index is 12.8. The van der Waals surface area contributed by atoms with E-state index in [1.165, 1.54) is 12.8 Å². The SMILES string of the molecule is CCOc1ccccc1C(=O)NC1CCCCC1N1CCOCC1. The number of carbonyl (C=O) groups excluding carboxylic acids is 1. The smallest absolute Gasteiger partial charge is 0.255 e. The van der Waals surface area contributed by atoms with Crippen LogP contribution in [0.25, 0.3) is 0 Å². The Labute approximate surface area is 144 Å². The molecule has 1 aliphatic carbocycles. The summed E-state index contributed by atoms with van der Waals surface area (Å²) in [5.74, 6) is 0.639. The van der Waals surface area contributed by atoms with Crippen LogP contribution in [0.15, 0.2) is 24.3 Å². The predicted octanol–water partition coefficient (Wildman–Crippen LogP) is 2.46. The van der Waals surface area contributed by atoms with Crippen LogP contribution in [0.5, 0.6) is 5.75 Å². The summed E-state index contributed by atoms with van der Waals surface area (Å²) >= 11 is 0. The van der Waals surface area contributed by atoms with Crippen LogP contribution in [-0.2, 0) is 4.74 Å². The molecule has 2 aliphatic rings. The molecule has 2 atom stereocenters. The quantitative estimate of drug-likeness (QED) is 0.900. The van der Waals surface area contributed by atoms with Crippen molar-refractivity contribution in [3.8, 4) is 5.75 Å². The molecule has 0 aromatic heterocycles. The van der Waals surface area contributed by atoms with Gasteiger partial charge in [0.2, 0.25) is 0 Å². The minimum atomic E-state index is -0.0239. The number of rotatable bonds is 5. The Hall–Kier alpha value is -1.59. The van der Waals surface area contributed by atoms with Crippen molar-refractivity contribution in [1.82, 2.24) is 10.2 Å². The second-order valence-corrected chi connectivity index (χ2v) is 6.51. The number of ether oxygens (including phenoxy) is 2. The number of morpholine rings is 1. The first-order chi connectivity index (χ1) is 11.8. The molecule has 1 aliphatic heterocycles. The monoisotopic (exact) mass is 332 g/mol. The number of hydrogen-bond acceptors (Lipinski definition) is 4. The molecule has 132 valence electrons. The van der Waals surface area contributed by atoms with Gasteiger partial charge in [0.25, 0.3) is 5.91 Å². The molecule has 1 saturated heterocycles. The summed E-state index contributed by atoms with van der Waals surface area (Å²) in [5.41, 5.74) is 0.630. The van der Waals surface area contributed by atoms with E-state index in [2.05, 4.69) is 10.2 Å². The molecule has 0 radical (unpaired) electrons. The molecule has 1 aromatic carbocycles. The summed E-state index contributed by atoms with van der Waals surface area (Å²) in [6.07, 6.45) is 4.62. The zero-order chi connectivity index (χ0) is 16.8. The van der Waals surface area contributed by atoms with Gasteiger partial charge in [-0.25, -0.2) is 0 Å². The lowest BCUT2D eigenvalue weighted by Gasteiger charge is -2.41. The number of nitrogens with zero attached hydrogens (tertiary/aromatic N) is 1. The van der Waals surface area contributed by atoms with E-state index in [1.807, 2.05) is 31.2 Å². The van der Waals surface area contributed by atoms with Crippen LogP contribution in [0.2, 0.25) is 0 Å². The van der Waals surface area contributed by atoms with E-state index in [0.29, 0.717) is 24.0 Å². The lowest BCUT2D eigenvalue weighted by atomic mass is 9.88. The zero-order valence-electron chi connectivity index (χ0n) is 14.5. The molecule has 1 heterocycles. The zero-order valence-corrected chi connectivity index (χ0v) is 14.5. The molecule has 5 nitrogen and oxygen atoms in total. The second-order valence-electron chi connectivity index (χ2n) is 6.51. The molecule has 1 saturated carbocycles. The number of nitrogens with one attached hydrogen (secondary N) is 1. The molecule has 1 aromatic rings. The van der Waals surface area contributed by atoms with Crippen LogP contribution in [0.1, 0.15) is 43.0 Å². The van der Waals surface area contributed by atoms with Crippen LogP contribution >= 0.6 is 0 Å². The lowest BCUT2D eigenvalue weighted by Crippen LogP contribution is -2.56. The Morgan fingerprint density at radius 3 is 2.79 bits per heavy atom. The Bertz CT molecular complexity index is 543. The average molecular weight is 332 g/mol. The van der Waals surface area contributed by atoms with Crippen LogP contribution in [0.3, 0.4) is 0 Å². The fraction of sp³-hybridized carbons (Fsp3) is 0.632. The second kappa shape index (κ2) is 8.49. The molecule has 24 heavy (non-hydrogen) atoms. The van der Waals surface area contributed by atoms with Gasteiger partial charge in [0.15, 0.2) is 0 Å². The molecule has 1 N–H and O–H groups in total. The molecule has 5 heteroatoms. The van der Waals surface area contributed by atoms with E-state index in [-0.39, 0.29) is 11.9 Å². The van der Waals surface area contributed by atoms with Crippen molar-refractivity contribution in [3.63, 3.8) is 0 Å². The summed E-state index contributed by atoms with van der Waals surface area (Å²) in [6.45, 7) is 6.02. The number of para-hydroxylation sites is 1. The summed E-state index contributed by atoms with van der Waals surface area (Å²) in [6, 6.07) is 8.12. The summed E-state index contributed by atoms with van der Waals surface area (Å²) in [4.78, 5) is 15.3. The molecule has 2 unspecified atom stereocenters. The van der Waals surface area contributed by atoms with Gasteiger partial charge in [0, 0.05) is 25.2 Å². The van der Waals surface area contributed by atoms with E-state index in [1.54, 1.807) is 0 Å². The Kier molecular flexibility index (Phi) is 6.10. The standard InChI is InChI=1S/C19H28N2O3/c1-2-24-18-10-6-3-7-15(18)19(22)20-16-8-4-5-9-17(16)21-11-13-23-14-12-21/h3,6-7,10,16-17H,2,4-5,8-9,11-14H2,1H3,(H,20,22). The maximum Gasteiger partial charge on any atom is 0.255 e. The number of benzene rings is 1. The third kappa shape index (κ3) is 4.08. The molecule has 1 amide bonds. The first-order valence-electron chi connectivity index (χ1n) is 9.14. The number of amides is 1. The Balaban J connectivity index is 1.69. The van der Waals surface area contributed by atoms with Crippen LogP contribution in [0, 0.1) is 0 Å². The highest BCUT2D eigenvalue weighted by atomic mass is 16.5. The normalized spacial score (nSPS) is 25.2. The van der Waals surface area contributed by atoms with Gasteiger partial charge in [0.05, 0.1) is 25.4 Å². The predicted molar refractivity (Wildman–Crippen MR) is 93.5 cm³/mol. The average Bonchev–Trinajstić information content (AvgIpc) is 2.63. The van der Waals surface area contributed by atoms with Crippen molar-refractivity contribution in [2.45, 2.75) is 44.7 Å². The molecular formula is C19H28N2O3. The van der Waals surface area contributed by atoms with E-state index in [0.717, 1.165) is 39.1 Å². The Morgan fingerprint density at radius 2 is 2.00 bits per heavy atom.